The molecule has 2 N–H and O–H groups in total. The molecule has 0 saturated heterocycles. The van der Waals surface area contributed by atoms with Gasteiger partial charge in [0.2, 0.25) is 0 Å². The first-order valence-corrected chi connectivity index (χ1v) is 5.34. The number of anilines is 1. The van der Waals surface area contributed by atoms with Crippen LogP contribution in [-0.4, -0.2) is 25.3 Å². The molecule has 1 aromatic rings. The van der Waals surface area contributed by atoms with Crippen molar-refractivity contribution in [1.82, 2.24) is 0 Å². The van der Waals surface area contributed by atoms with Gasteiger partial charge in [0.25, 0.3) is 0 Å². The van der Waals surface area contributed by atoms with E-state index in [1.54, 1.807) is 0 Å². The minimum Gasteiger partial charge on any atom is -0.460 e. The molecule has 0 fully saturated rings. The Labute approximate surface area is 99.5 Å². The number of hydrogen-bond acceptors (Lipinski definition) is 4. The van der Waals surface area contributed by atoms with Gasteiger partial charge in [0, 0.05) is 5.69 Å². The lowest BCUT2D eigenvalue weighted by atomic mass is 10.2. The topological polar surface area (TPSA) is 61.5 Å². The van der Waals surface area contributed by atoms with E-state index >= 15 is 0 Å². The summed E-state index contributed by atoms with van der Waals surface area (Å²) in [6, 6.07) is 3.59. The quantitative estimate of drug-likeness (QED) is 0.486. The van der Waals surface area contributed by atoms with Crippen LogP contribution >= 0.6 is 0 Å². The number of carbonyl (C=O) groups is 1. The van der Waals surface area contributed by atoms with Gasteiger partial charge in [-0.1, -0.05) is 0 Å². The highest BCUT2D eigenvalue weighted by Crippen LogP contribution is 2.11. The Bertz CT molecular complexity index is 373. The van der Waals surface area contributed by atoms with Crippen LogP contribution in [0.1, 0.15) is 24.2 Å². The first kappa shape index (κ1) is 13.4. The van der Waals surface area contributed by atoms with Crippen LogP contribution in [0.5, 0.6) is 0 Å². The standard InChI is InChI=1S/C12H16FNO3/c1-8(2)16-3-4-17-12(15)9-5-10(13)7-11(14)6-9/h5-8H,3-4,14H2,1-2H3. The fourth-order valence-corrected chi connectivity index (χ4v) is 1.23. The molecule has 0 amide bonds. The largest absolute Gasteiger partial charge is 0.460 e. The van der Waals surface area contributed by atoms with Crippen molar-refractivity contribution < 1.29 is 18.7 Å². The van der Waals surface area contributed by atoms with Crippen molar-refractivity contribution in [2.24, 2.45) is 0 Å². The van der Waals surface area contributed by atoms with Gasteiger partial charge in [0.05, 0.1) is 18.3 Å². The molecule has 0 bridgehead atoms. The normalized spacial score (nSPS) is 10.6. The van der Waals surface area contributed by atoms with Crippen molar-refractivity contribution in [3.63, 3.8) is 0 Å². The molecule has 0 aromatic heterocycles. The summed E-state index contributed by atoms with van der Waals surface area (Å²) in [5, 5.41) is 0. The Kier molecular flexibility index (Phi) is 4.90. The van der Waals surface area contributed by atoms with Crippen LogP contribution in [0.2, 0.25) is 0 Å². The molecule has 4 nitrogen and oxygen atoms in total. The lowest BCUT2D eigenvalue weighted by Crippen LogP contribution is -2.13. The molecule has 0 radical (unpaired) electrons. The molecule has 0 aliphatic rings. The number of hydrogen-bond donors (Lipinski definition) is 1. The van der Waals surface area contributed by atoms with Crippen molar-refractivity contribution in [3.8, 4) is 0 Å². The van der Waals surface area contributed by atoms with E-state index in [-0.39, 0.29) is 24.0 Å². The first-order chi connectivity index (χ1) is 7.99. The second kappa shape index (κ2) is 6.20. The third kappa shape index (κ3) is 4.82. The molecule has 0 aliphatic carbocycles. The fourth-order valence-electron chi connectivity index (χ4n) is 1.23. The van der Waals surface area contributed by atoms with E-state index in [9.17, 15) is 9.18 Å². The summed E-state index contributed by atoms with van der Waals surface area (Å²) in [4.78, 5) is 11.5. The maximum Gasteiger partial charge on any atom is 0.338 e. The molecule has 0 saturated carbocycles. The van der Waals surface area contributed by atoms with Crippen molar-refractivity contribution in [2.75, 3.05) is 18.9 Å². The number of carbonyl (C=O) groups excluding carboxylic acids is 1. The highest BCUT2D eigenvalue weighted by atomic mass is 19.1. The van der Waals surface area contributed by atoms with E-state index in [1.165, 1.54) is 6.07 Å². The zero-order chi connectivity index (χ0) is 12.8. The number of ether oxygens (including phenoxy) is 2. The van der Waals surface area contributed by atoms with Crippen LogP contribution in [0.15, 0.2) is 18.2 Å². The van der Waals surface area contributed by atoms with Gasteiger partial charge in [-0.25, -0.2) is 9.18 Å². The first-order valence-electron chi connectivity index (χ1n) is 5.34. The zero-order valence-electron chi connectivity index (χ0n) is 9.90. The number of esters is 1. The van der Waals surface area contributed by atoms with Gasteiger partial charge in [-0.2, -0.15) is 0 Å². The maximum atomic E-state index is 13.0. The summed E-state index contributed by atoms with van der Waals surface area (Å²) in [6.07, 6.45) is 0.0820. The summed E-state index contributed by atoms with van der Waals surface area (Å²) in [6.45, 7) is 4.21. The van der Waals surface area contributed by atoms with Gasteiger partial charge in [-0.3, -0.25) is 0 Å². The molecular weight excluding hydrogens is 225 g/mol. The minimum absolute atomic E-state index is 0.0820. The van der Waals surface area contributed by atoms with Crippen molar-refractivity contribution in [2.45, 2.75) is 20.0 Å². The highest BCUT2D eigenvalue weighted by Gasteiger charge is 2.09. The number of nitrogens with two attached hydrogens (primary N) is 1. The summed E-state index contributed by atoms with van der Waals surface area (Å²) in [7, 11) is 0. The molecule has 0 unspecified atom stereocenters. The molecule has 1 aromatic carbocycles. The van der Waals surface area contributed by atoms with Gasteiger partial charge in [-0.15, -0.1) is 0 Å². The lowest BCUT2D eigenvalue weighted by molar-refractivity contribution is 0.0176. The highest BCUT2D eigenvalue weighted by molar-refractivity contribution is 5.90. The van der Waals surface area contributed by atoms with Gasteiger partial charge < -0.3 is 15.2 Å². The van der Waals surface area contributed by atoms with E-state index in [0.29, 0.717) is 6.61 Å². The predicted molar refractivity (Wildman–Crippen MR) is 62.2 cm³/mol. The number of rotatable bonds is 5. The molecule has 0 atom stereocenters. The molecule has 94 valence electrons. The second-order valence-electron chi connectivity index (χ2n) is 3.83. The number of nitrogen functional groups attached to an aromatic ring is 1. The average Bonchev–Trinajstić information content (AvgIpc) is 2.22. The SMILES string of the molecule is CC(C)OCCOC(=O)c1cc(N)cc(F)c1. The zero-order valence-corrected chi connectivity index (χ0v) is 9.90. The molecule has 0 spiro atoms. The Morgan fingerprint density at radius 3 is 2.65 bits per heavy atom. The van der Waals surface area contributed by atoms with Gasteiger partial charge in [-0.05, 0) is 32.0 Å². The van der Waals surface area contributed by atoms with E-state index in [1.807, 2.05) is 13.8 Å². The minimum atomic E-state index is -0.608. The molecule has 1 rings (SSSR count). The molecule has 5 heteroatoms. The summed E-state index contributed by atoms with van der Waals surface area (Å²) in [5.41, 5.74) is 5.71. The van der Waals surface area contributed by atoms with Crippen molar-refractivity contribution in [3.05, 3.63) is 29.6 Å². The number of benzene rings is 1. The smallest absolute Gasteiger partial charge is 0.338 e. The molecular formula is C12H16FNO3. The van der Waals surface area contributed by atoms with Crippen LogP contribution in [0.25, 0.3) is 0 Å². The van der Waals surface area contributed by atoms with Crippen LogP contribution in [0.4, 0.5) is 10.1 Å². The van der Waals surface area contributed by atoms with E-state index in [4.69, 9.17) is 15.2 Å². The molecule has 0 heterocycles. The maximum absolute atomic E-state index is 13.0. The molecule has 0 aliphatic heterocycles. The van der Waals surface area contributed by atoms with E-state index < -0.39 is 11.8 Å². The predicted octanol–water partition coefficient (Wildman–Crippen LogP) is 1.99. The Morgan fingerprint density at radius 2 is 2.06 bits per heavy atom. The van der Waals surface area contributed by atoms with Crippen molar-refractivity contribution in [1.29, 1.82) is 0 Å². The Hall–Kier alpha value is -1.62. The summed E-state index contributed by atoms with van der Waals surface area (Å²) in [5.74, 6) is -1.17. The van der Waals surface area contributed by atoms with Crippen molar-refractivity contribution >= 4 is 11.7 Å². The van der Waals surface area contributed by atoms with Crippen LogP contribution < -0.4 is 5.73 Å². The van der Waals surface area contributed by atoms with E-state index in [2.05, 4.69) is 0 Å². The lowest BCUT2D eigenvalue weighted by Gasteiger charge is -2.08. The summed E-state index contributed by atoms with van der Waals surface area (Å²) < 4.78 is 23.1. The van der Waals surface area contributed by atoms with E-state index in [0.717, 1.165) is 12.1 Å². The van der Waals surface area contributed by atoms with Crippen LogP contribution in [0.3, 0.4) is 0 Å². The average molecular weight is 241 g/mol. The summed E-state index contributed by atoms with van der Waals surface area (Å²) >= 11 is 0. The third-order valence-corrected chi connectivity index (χ3v) is 1.92. The Morgan fingerprint density at radius 1 is 1.35 bits per heavy atom. The second-order valence-corrected chi connectivity index (χ2v) is 3.83. The Balaban J connectivity index is 2.47. The monoisotopic (exact) mass is 241 g/mol. The van der Waals surface area contributed by atoms with Crippen LogP contribution in [0, 0.1) is 5.82 Å². The van der Waals surface area contributed by atoms with Gasteiger partial charge >= 0.3 is 5.97 Å². The van der Waals surface area contributed by atoms with Crippen LogP contribution in [-0.2, 0) is 9.47 Å². The third-order valence-electron chi connectivity index (χ3n) is 1.92. The number of halogens is 1. The molecule has 17 heavy (non-hydrogen) atoms. The van der Waals surface area contributed by atoms with Gasteiger partial charge in [0.15, 0.2) is 0 Å². The fraction of sp³-hybridized carbons (Fsp3) is 0.417. The van der Waals surface area contributed by atoms with Gasteiger partial charge in [0.1, 0.15) is 12.4 Å².